The highest BCUT2D eigenvalue weighted by molar-refractivity contribution is 7.89. The number of anilines is 1. The summed E-state index contributed by atoms with van der Waals surface area (Å²) in [6.45, 7) is 3.31. The smallest absolute Gasteiger partial charge is 0.322 e. The van der Waals surface area contributed by atoms with Crippen LogP contribution in [0.1, 0.15) is 24.2 Å². The fraction of sp³-hybridized carbons (Fsp3) is 0.200. The summed E-state index contributed by atoms with van der Waals surface area (Å²) in [5, 5.41) is 12.9. The third-order valence-corrected chi connectivity index (χ3v) is 8.06. The summed E-state index contributed by atoms with van der Waals surface area (Å²) in [6, 6.07) is 16.7. The highest BCUT2D eigenvalue weighted by atomic mass is 35.5. The Morgan fingerprint density at radius 1 is 0.886 bits per heavy atom. The number of nitrogens with zero attached hydrogens (tertiary/aromatic N) is 1. The molecular weight excluding hydrogens is 511 g/mol. The van der Waals surface area contributed by atoms with Crippen LogP contribution in [0.3, 0.4) is 0 Å². The Hall–Kier alpha value is -2.91. The molecule has 2 N–H and O–H groups in total. The molecule has 0 heterocycles. The summed E-state index contributed by atoms with van der Waals surface area (Å²) in [5.74, 6) is -1.94. The number of sulfonamides is 1. The van der Waals surface area contributed by atoms with E-state index < -0.39 is 28.0 Å². The molecule has 10 heteroatoms. The maximum absolute atomic E-state index is 12.9. The summed E-state index contributed by atoms with van der Waals surface area (Å²) >= 11 is 11.9. The molecule has 3 aromatic carbocycles. The van der Waals surface area contributed by atoms with Crippen molar-refractivity contribution in [3.8, 4) is 11.1 Å². The lowest BCUT2D eigenvalue weighted by Gasteiger charge is -2.27. The number of carbonyl (C=O) groups excluding carboxylic acids is 1. The van der Waals surface area contributed by atoms with Crippen LogP contribution >= 0.6 is 23.2 Å². The van der Waals surface area contributed by atoms with Crippen LogP contribution in [0.25, 0.3) is 11.1 Å². The first-order valence-electron chi connectivity index (χ1n) is 10.6. The predicted molar refractivity (Wildman–Crippen MR) is 138 cm³/mol. The van der Waals surface area contributed by atoms with E-state index >= 15 is 0 Å². The molecule has 0 unspecified atom stereocenters. The molecule has 0 saturated heterocycles. The molecule has 7 nitrogen and oxygen atoms in total. The van der Waals surface area contributed by atoms with E-state index in [2.05, 4.69) is 5.32 Å². The van der Waals surface area contributed by atoms with Crippen LogP contribution in [-0.4, -0.2) is 42.8 Å². The van der Waals surface area contributed by atoms with Crippen molar-refractivity contribution >= 4 is 50.8 Å². The SMILES string of the molecule is CC(C)[C@@H](C(=O)O)N(C)S(=O)(=O)c1ccc(-c2ccc(NC(=O)c3ccc(Cl)c(Cl)c3)cc2)cc1. The zero-order valence-electron chi connectivity index (χ0n) is 19.2. The maximum atomic E-state index is 12.9. The number of aliphatic carboxylic acids is 1. The molecule has 1 amide bonds. The minimum Gasteiger partial charge on any atom is -0.480 e. The molecular formula is C25H24Cl2N2O5S. The first kappa shape index (κ1) is 26.7. The van der Waals surface area contributed by atoms with Gasteiger partial charge >= 0.3 is 5.97 Å². The fourth-order valence-electron chi connectivity index (χ4n) is 3.58. The minimum atomic E-state index is -3.99. The Kier molecular flexibility index (Phi) is 8.22. The molecule has 0 aliphatic rings. The van der Waals surface area contributed by atoms with Crippen LogP contribution in [0.5, 0.6) is 0 Å². The molecule has 1 atom stereocenters. The number of carboxylic acids is 1. The van der Waals surface area contributed by atoms with E-state index in [1.54, 1.807) is 62.4 Å². The molecule has 3 rings (SSSR count). The van der Waals surface area contributed by atoms with Crippen molar-refractivity contribution in [1.82, 2.24) is 4.31 Å². The fourth-order valence-corrected chi connectivity index (χ4v) is 5.33. The van der Waals surface area contributed by atoms with Crippen molar-refractivity contribution < 1.29 is 23.1 Å². The van der Waals surface area contributed by atoms with Crippen LogP contribution in [0.2, 0.25) is 10.0 Å². The van der Waals surface area contributed by atoms with Crippen LogP contribution in [0.15, 0.2) is 71.6 Å². The summed E-state index contributed by atoms with van der Waals surface area (Å²) < 4.78 is 26.8. The maximum Gasteiger partial charge on any atom is 0.322 e. The summed E-state index contributed by atoms with van der Waals surface area (Å²) in [4.78, 5) is 24.0. The van der Waals surface area contributed by atoms with Gasteiger partial charge in [-0.15, -0.1) is 0 Å². The third-order valence-electron chi connectivity index (χ3n) is 5.47. The van der Waals surface area contributed by atoms with Gasteiger partial charge in [-0.05, 0) is 59.5 Å². The Morgan fingerprint density at radius 2 is 1.43 bits per heavy atom. The summed E-state index contributed by atoms with van der Waals surface area (Å²) in [6.07, 6.45) is 0. The Bertz CT molecular complexity index is 1340. The van der Waals surface area contributed by atoms with E-state index in [1.165, 1.54) is 25.2 Å². The van der Waals surface area contributed by atoms with Crippen molar-refractivity contribution in [1.29, 1.82) is 0 Å². The van der Waals surface area contributed by atoms with Gasteiger partial charge in [0.05, 0.1) is 14.9 Å². The predicted octanol–water partition coefficient (Wildman–Crippen LogP) is 5.64. The van der Waals surface area contributed by atoms with Gasteiger partial charge < -0.3 is 10.4 Å². The number of benzene rings is 3. The van der Waals surface area contributed by atoms with Crippen LogP contribution in [0, 0.1) is 5.92 Å². The summed E-state index contributed by atoms with van der Waals surface area (Å²) in [5.41, 5.74) is 2.50. The first-order chi connectivity index (χ1) is 16.4. The normalized spacial score (nSPS) is 12.5. The van der Waals surface area contributed by atoms with Gasteiger partial charge in [-0.2, -0.15) is 4.31 Å². The lowest BCUT2D eigenvalue weighted by molar-refractivity contribution is -0.142. The van der Waals surface area contributed by atoms with Crippen molar-refractivity contribution in [2.24, 2.45) is 5.92 Å². The molecule has 0 saturated carbocycles. The molecule has 0 fully saturated rings. The van der Waals surface area contributed by atoms with Gasteiger partial charge in [0.1, 0.15) is 6.04 Å². The zero-order valence-corrected chi connectivity index (χ0v) is 21.5. The van der Waals surface area contributed by atoms with Gasteiger partial charge in [0.25, 0.3) is 5.91 Å². The second-order valence-electron chi connectivity index (χ2n) is 8.23. The molecule has 3 aromatic rings. The summed E-state index contributed by atoms with van der Waals surface area (Å²) in [7, 11) is -2.72. The van der Waals surface area contributed by atoms with E-state index in [9.17, 15) is 23.1 Å². The number of amides is 1. The molecule has 0 radical (unpaired) electrons. The number of rotatable bonds is 8. The Labute approximate surface area is 214 Å². The average molecular weight is 535 g/mol. The second kappa shape index (κ2) is 10.8. The van der Waals surface area contributed by atoms with Crippen LogP contribution < -0.4 is 5.32 Å². The van der Waals surface area contributed by atoms with Gasteiger partial charge in [-0.1, -0.05) is 61.3 Å². The van der Waals surface area contributed by atoms with Gasteiger partial charge in [-0.3, -0.25) is 9.59 Å². The Morgan fingerprint density at radius 3 is 1.91 bits per heavy atom. The molecule has 0 aromatic heterocycles. The van der Waals surface area contributed by atoms with E-state index in [0.717, 1.165) is 15.4 Å². The van der Waals surface area contributed by atoms with Crippen molar-refractivity contribution in [3.63, 3.8) is 0 Å². The molecule has 35 heavy (non-hydrogen) atoms. The largest absolute Gasteiger partial charge is 0.480 e. The molecule has 0 aliphatic carbocycles. The average Bonchev–Trinajstić information content (AvgIpc) is 2.81. The third kappa shape index (κ3) is 6.02. The number of nitrogens with one attached hydrogen (secondary N) is 1. The van der Waals surface area contributed by atoms with Crippen molar-refractivity contribution in [2.75, 3.05) is 12.4 Å². The van der Waals surface area contributed by atoms with E-state index in [4.69, 9.17) is 23.2 Å². The first-order valence-corrected chi connectivity index (χ1v) is 12.8. The molecule has 0 aliphatic heterocycles. The van der Waals surface area contributed by atoms with E-state index in [0.29, 0.717) is 16.3 Å². The highest BCUT2D eigenvalue weighted by Crippen LogP contribution is 2.27. The number of halogens is 2. The van der Waals surface area contributed by atoms with Gasteiger partial charge in [0, 0.05) is 18.3 Å². The zero-order chi connectivity index (χ0) is 25.9. The number of likely N-dealkylation sites (N-methyl/N-ethyl adjacent to an activating group) is 1. The van der Waals surface area contributed by atoms with E-state index in [1.807, 2.05) is 0 Å². The lowest BCUT2D eigenvalue weighted by atomic mass is 10.1. The number of hydrogen-bond donors (Lipinski definition) is 2. The molecule has 184 valence electrons. The van der Waals surface area contributed by atoms with Crippen molar-refractivity contribution in [2.45, 2.75) is 24.8 Å². The lowest BCUT2D eigenvalue weighted by Crippen LogP contribution is -2.45. The highest BCUT2D eigenvalue weighted by Gasteiger charge is 2.34. The second-order valence-corrected chi connectivity index (χ2v) is 11.0. The van der Waals surface area contributed by atoms with Gasteiger partial charge in [-0.25, -0.2) is 8.42 Å². The number of hydrogen-bond acceptors (Lipinski definition) is 4. The minimum absolute atomic E-state index is 0.00107. The topological polar surface area (TPSA) is 104 Å². The van der Waals surface area contributed by atoms with Crippen molar-refractivity contribution in [3.05, 3.63) is 82.3 Å². The van der Waals surface area contributed by atoms with E-state index in [-0.39, 0.29) is 15.8 Å². The van der Waals surface area contributed by atoms with Crippen LogP contribution in [0.4, 0.5) is 5.69 Å². The number of carbonyl (C=O) groups is 2. The Balaban J connectivity index is 1.75. The van der Waals surface area contributed by atoms with Crippen LogP contribution in [-0.2, 0) is 14.8 Å². The van der Waals surface area contributed by atoms with Gasteiger partial charge in [0.15, 0.2) is 0 Å². The monoisotopic (exact) mass is 534 g/mol. The quantitative estimate of drug-likeness (QED) is 0.389. The molecule has 0 spiro atoms. The van der Waals surface area contributed by atoms with Gasteiger partial charge in [0.2, 0.25) is 10.0 Å². The molecule has 0 bridgehead atoms. The number of carboxylic acid groups (broad SMARTS) is 1. The standard InChI is InChI=1S/C25H24Cl2N2O5S/c1-15(2)23(25(31)32)29(3)35(33,34)20-11-6-17(7-12-20)16-4-9-19(10-5-16)28-24(30)18-8-13-21(26)22(27)14-18/h4-15,23H,1-3H3,(H,28,30)(H,31,32)/t23-/m0/s1.